The van der Waals surface area contributed by atoms with E-state index in [-0.39, 0.29) is 31.1 Å². The third-order valence-electron chi connectivity index (χ3n) is 14.7. The van der Waals surface area contributed by atoms with Crippen LogP contribution < -0.4 is 0 Å². The molecule has 0 aromatic carbocycles. The molecular formula is C75H128O6. The topological polar surface area (TPSA) is 78.9 Å². The lowest BCUT2D eigenvalue weighted by atomic mass is 10.0. The second-order valence-electron chi connectivity index (χ2n) is 22.7. The molecule has 0 saturated heterocycles. The maximum Gasteiger partial charge on any atom is 0.306 e. The number of allylic oxidation sites excluding steroid dienone is 18. The Balaban J connectivity index is 4.28. The molecule has 6 nitrogen and oxygen atoms in total. The number of esters is 3. The molecule has 0 aromatic heterocycles. The Morgan fingerprint density at radius 1 is 0.259 bits per heavy atom. The summed E-state index contributed by atoms with van der Waals surface area (Å²) in [7, 11) is 0. The summed E-state index contributed by atoms with van der Waals surface area (Å²) in [5.74, 6) is -0.899. The van der Waals surface area contributed by atoms with Gasteiger partial charge in [0.05, 0.1) is 0 Å². The van der Waals surface area contributed by atoms with Crippen LogP contribution in [0.5, 0.6) is 0 Å². The average Bonchev–Trinajstić information content (AvgIpc) is 3.46. The Labute approximate surface area is 501 Å². The molecule has 0 aliphatic carbocycles. The Hall–Kier alpha value is -3.93. The largest absolute Gasteiger partial charge is 0.462 e. The smallest absolute Gasteiger partial charge is 0.306 e. The standard InChI is InChI=1S/C75H128O6/c1-4-7-10-13-16-19-22-25-27-29-31-33-34-35-36-37-38-39-40-42-43-45-47-50-53-56-59-62-65-68-74(77)80-71-72(70-79-73(76)67-64-61-58-55-52-49-24-21-18-15-12-9-6-3)81-75(78)69-66-63-60-57-54-51-48-46-44-41-32-30-28-26-23-20-17-14-11-8-5-2/h8,11-12,15,17,20-22,24-26,28-29,31-32,34-35,41,72H,4-7,9-10,13-14,16,18-19,23,27,30,33,36-40,42-71H2,1-3H3/b11-8-,15-12-,20-17-,24-21-,25-22-,28-26-,31-29-,35-34-,41-32-. The molecule has 0 fully saturated rings. The van der Waals surface area contributed by atoms with Crippen LogP contribution in [0.15, 0.2) is 109 Å². The molecule has 0 spiro atoms. The summed E-state index contributed by atoms with van der Waals surface area (Å²) in [5, 5.41) is 0. The molecule has 1 unspecified atom stereocenters. The molecule has 0 aromatic rings. The number of hydrogen-bond donors (Lipinski definition) is 0. The zero-order valence-electron chi connectivity index (χ0n) is 53.3. The third-order valence-corrected chi connectivity index (χ3v) is 14.7. The zero-order valence-corrected chi connectivity index (χ0v) is 53.3. The lowest BCUT2D eigenvalue weighted by molar-refractivity contribution is -0.167. The van der Waals surface area contributed by atoms with Gasteiger partial charge < -0.3 is 14.2 Å². The van der Waals surface area contributed by atoms with Crippen LogP contribution in [-0.4, -0.2) is 37.2 Å². The average molecular weight is 1130 g/mol. The van der Waals surface area contributed by atoms with Crippen LogP contribution in [0, 0.1) is 0 Å². The minimum absolute atomic E-state index is 0.0858. The minimum atomic E-state index is -0.791. The molecule has 0 aliphatic heterocycles. The van der Waals surface area contributed by atoms with Gasteiger partial charge in [-0.3, -0.25) is 14.4 Å². The van der Waals surface area contributed by atoms with Crippen LogP contribution in [0.2, 0.25) is 0 Å². The first-order chi connectivity index (χ1) is 40.0. The van der Waals surface area contributed by atoms with Crippen LogP contribution >= 0.6 is 0 Å². The molecule has 0 N–H and O–H groups in total. The Kier molecular flexibility index (Phi) is 65.2. The number of unbranched alkanes of at least 4 members (excludes halogenated alkanes) is 33. The highest BCUT2D eigenvalue weighted by atomic mass is 16.6. The van der Waals surface area contributed by atoms with E-state index < -0.39 is 6.10 Å². The molecule has 0 radical (unpaired) electrons. The van der Waals surface area contributed by atoms with Gasteiger partial charge >= 0.3 is 17.9 Å². The van der Waals surface area contributed by atoms with Crippen molar-refractivity contribution < 1.29 is 28.6 Å². The first kappa shape index (κ1) is 77.1. The van der Waals surface area contributed by atoms with E-state index in [1.54, 1.807) is 0 Å². The quantitative estimate of drug-likeness (QED) is 0.0261. The summed E-state index contributed by atoms with van der Waals surface area (Å²) in [6, 6.07) is 0. The molecule has 464 valence electrons. The van der Waals surface area contributed by atoms with Gasteiger partial charge in [-0.05, 0) is 122 Å². The summed E-state index contributed by atoms with van der Waals surface area (Å²) in [5.41, 5.74) is 0. The predicted molar refractivity (Wildman–Crippen MR) is 353 cm³/mol. The summed E-state index contributed by atoms with van der Waals surface area (Å²) in [6.45, 7) is 6.46. The number of carbonyl (C=O) groups is 3. The summed E-state index contributed by atoms with van der Waals surface area (Å²) in [4.78, 5) is 38.4. The Morgan fingerprint density at radius 2 is 0.506 bits per heavy atom. The first-order valence-corrected chi connectivity index (χ1v) is 34.4. The van der Waals surface area contributed by atoms with Gasteiger partial charge in [0.25, 0.3) is 0 Å². The highest BCUT2D eigenvalue weighted by molar-refractivity contribution is 5.71. The molecule has 81 heavy (non-hydrogen) atoms. The van der Waals surface area contributed by atoms with Gasteiger partial charge in [0, 0.05) is 19.3 Å². The fourth-order valence-electron chi connectivity index (χ4n) is 9.60. The summed E-state index contributed by atoms with van der Waals surface area (Å²) in [6.07, 6.45) is 93.9. The van der Waals surface area contributed by atoms with Gasteiger partial charge in [-0.15, -0.1) is 0 Å². The van der Waals surface area contributed by atoms with Crippen LogP contribution in [0.1, 0.15) is 329 Å². The second-order valence-corrected chi connectivity index (χ2v) is 22.7. The van der Waals surface area contributed by atoms with E-state index in [1.165, 1.54) is 154 Å². The van der Waals surface area contributed by atoms with E-state index in [0.29, 0.717) is 19.3 Å². The van der Waals surface area contributed by atoms with E-state index in [1.807, 2.05) is 0 Å². The molecule has 0 saturated carbocycles. The van der Waals surface area contributed by atoms with Gasteiger partial charge in [0.2, 0.25) is 0 Å². The van der Waals surface area contributed by atoms with Crippen molar-refractivity contribution in [2.45, 2.75) is 335 Å². The molecule has 6 heteroatoms. The fourth-order valence-corrected chi connectivity index (χ4v) is 9.60. The van der Waals surface area contributed by atoms with Crippen molar-refractivity contribution in [3.63, 3.8) is 0 Å². The highest BCUT2D eigenvalue weighted by Crippen LogP contribution is 2.17. The van der Waals surface area contributed by atoms with Crippen molar-refractivity contribution in [1.82, 2.24) is 0 Å². The molecule has 0 amide bonds. The molecule has 0 aliphatic rings. The minimum Gasteiger partial charge on any atom is -0.462 e. The second kappa shape index (κ2) is 68.6. The van der Waals surface area contributed by atoms with E-state index in [2.05, 4.69) is 130 Å². The highest BCUT2D eigenvalue weighted by Gasteiger charge is 2.19. The van der Waals surface area contributed by atoms with Gasteiger partial charge in [-0.2, -0.15) is 0 Å². The lowest BCUT2D eigenvalue weighted by Gasteiger charge is -2.18. The van der Waals surface area contributed by atoms with E-state index in [9.17, 15) is 14.4 Å². The molecule has 0 bridgehead atoms. The predicted octanol–water partition coefficient (Wildman–Crippen LogP) is 23.8. The van der Waals surface area contributed by atoms with Crippen LogP contribution in [0.3, 0.4) is 0 Å². The van der Waals surface area contributed by atoms with Gasteiger partial charge in [-0.25, -0.2) is 0 Å². The van der Waals surface area contributed by atoms with Crippen molar-refractivity contribution in [3.05, 3.63) is 109 Å². The molecule has 1 atom stereocenters. The van der Waals surface area contributed by atoms with Gasteiger partial charge in [-0.1, -0.05) is 297 Å². The molecule has 0 rings (SSSR count). The van der Waals surface area contributed by atoms with Crippen molar-refractivity contribution in [3.8, 4) is 0 Å². The summed E-state index contributed by atoms with van der Waals surface area (Å²) < 4.78 is 16.9. The van der Waals surface area contributed by atoms with Crippen molar-refractivity contribution in [1.29, 1.82) is 0 Å². The number of carbonyl (C=O) groups excluding carboxylic acids is 3. The monoisotopic (exact) mass is 1120 g/mol. The Bertz CT molecular complexity index is 1620. The van der Waals surface area contributed by atoms with Gasteiger partial charge in [0.1, 0.15) is 13.2 Å². The third kappa shape index (κ3) is 66.8. The number of ether oxygens (including phenoxy) is 3. The SMILES string of the molecule is CC/C=C\C/C=C\C/C=C\C/C=C\CCCCCCCCCCC(=O)OC(COC(=O)CCCCCCC/C=C\C/C=C\CCC)COC(=O)CCCCCCCCCCCCCCCC/C=C\C/C=C\C/C=C\CCCCCCC. The molecular weight excluding hydrogens is 997 g/mol. The van der Waals surface area contributed by atoms with Crippen LogP contribution in [0.4, 0.5) is 0 Å². The Morgan fingerprint density at radius 3 is 0.802 bits per heavy atom. The van der Waals surface area contributed by atoms with Crippen molar-refractivity contribution in [2.75, 3.05) is 13.2 Å². The van der Waals surface area contributed by atoms with E-state index in [0.717, 1.165) is 135 Å². The normalized spacial score (nSPS) is 12.8. The van der Waals surface area contributed by atoms with Crippen LogP contribution in [0.25, 0.3) is 0 Å². The lowest BCUT2D eigenvalue weighted by Crippen LogP contribution is -2.30. The summed E-state index contributed by atoms with van der Waals surface area (Å²) >= 11 is 0. The number of hydrogen-bond acceptors (Lipinski definition) is 6. The van der Waals surface area contributed by atoms with E-state index in [4.69, 9.17) is 14.2 Å². The maximum absolute atomic E-state index is 12.9. The maximum atomic E-state index is 12.9. The number of rotatable bonds is 62. The van der Waals surface area contributed by atoms with Gasteiger partial charge in [0.15, 0.2) is 6.10 Å². The van der Waals surface area contributed by atoms with E-state index >= 15 is 0 Å². The van der Waals surface area contributed by atoms with Crippen LogP contribution in [-0.2, 0) is 28.6 Å². The zero-order chi connectivity index (χ0) is 58.5. The van der Waals surface area contributed by atoms with Crippen molar-refractivity contribution >= 4 is 17.9 Å². The van der Waals surface area contributed by atoms with Crippen molar-refractivity contribution in [2.24, 2.45) is 0 Å². The fraction of sp³-hybridized carbons (Fsp3) is 0.720. The molecule has 0 heterocycles. The first-order valence-electron chi connectivity index (χ1n) is 34.4.